The first-order valence-corrected chi connectivity index (χ1v) is 11.7. The van der Waals surface area contributed by atoms with Crippen LogP contribution in [0, 0.1) is 0 Å². The largest absolute Gasteiger partial charge is 0.444 e. The highest BCUT2D eigenvalue weighted by molar-refractivity contribution is 5.95. The van der Waals surface area contributed by atoms with Crippen LogP contribution in [0.1, 0.15) is 43.9 Å². The summed E-state index contributed by atoms with van der Waals surface area (Å²) in [5.41, 5.74) is 3.15. The maximum Gasteiger partial charge on any atom is 0.411 e. The molecule has 3 heterocycles. The first-order valence-electron chi connectivity index (χ1n) is 11.7. The Hall–Kier alpha value is -3.94. The molecule has 1 aromatic carbocycles. The Bertz CT molecular complexity index is 1180. The van der Waals surface area contributed by atoms with Gasteiger partial charge in [0.25, 0.3) is 0 Å². The van der Waals surface area contributed by atoms with Gasteiger partial charge < -0.3 is 15.0 Å². The van der Waals surface area contributed by atoms with E-state index in [0.29, 0.717) is 30.0 Å². The Morgan fingerprint density at radius 3 is 2.57 bits per heavy atom. The molecule has 2 aliphatic heterocycles. The average Bonchev–Trinajstić information content (AvgIpc) is 3.00. The van der Waals surface area contributed by atoms with E-state index in [2.05, 4.69) is 28.5 Å². The third kappa shape index (κ3) is 6.35. The molecule has 35 heavy (non-hydrogen) atoms. The standard InChI is InChI=1S/C27H30N4O4/c1-27(2,3)35-26(34)31-17-22-15-19(16-28-25(22)29-23(32)18-31)9-10-24(33)30-13-11-21(12-14-30)20-7-5-4-6-8-20/h4-11,15-16H,12-14,17-18H2,1-3H3,(H,28,29,32). The summed E-state index contributed by atoms with van der Waals surface area (Å²) in [5.74, 6) is -0.0141. The molecule has 8 nitrogen and oxygen atoms in total. The molecule has 8 heteroatoms. The van der Waals surface area contributed by atoms with Crippen LogP contribution in [0.15, 0.2) is 54.7 Å². The van der Waals surface area contributed by atoms with E-state index in [4.69, 9.17) is 4.74 Å². The maximum atomic E-state index is 12.7. The summed E-state index contributed by atoms with van der Waals surface area (Å²) < 4.78 is 5.43. The molecule has 0 saturated heterocycles. The minimum atomic E-state index is -0.669. The van der Waals surface area contributed by atoms with Crippen LogP contribution in [0.3, 0.4) is 0 Å². The van der Waals surface area contributed by atoms with Gasteiger partial charge in [0.05, 0.1) is 6.54 Å². The highest BCUT2D eigenvalue weighted by atomic mass is 16.6. The Morgan fingerprint density at radius 2 is 1.89 bits per heavy atom. The van der Waals surface area contributed by atoms with Gasteiger partial charge in [-0.25, -0.2) is 9.78 Å². The predicted molar refractivity (Wildman–Crippen MR) is 134 cm³/mol. The summed E-state index contributed by atoms with van der Waals surface area (Å²) in [6.07, 6.45) is 7.18. The Balaban J connectivity index is 1.43. The first kappa shape index (κ1) is 24.2. The molecule has 0 unspecified atom stereocenters. The van der Waals surface area contributed by atoms with Gasteiger partial charge in [0.1, 0.15) is 18.0 Å². The summed E-state index contributed by atoms with van der Waals surface area (Å²) in [4.78, 5) is 45.0. The lowest BCUT2D eigenvalue weighted by Crippen LogP contribution is -2.39. The monoisotopic (exact) mass is 474 g/mol. The lowest BCUT2D eigenvalue weighted by atomic mass is 9.99. The topological polar surface area (TPSA) is 91.8 Å². The Labute approximate surface area is 205 Å². The molecule has 2 aromatic rings. The van der Waals surface area contributed by atoms with Crippen molar-refractivity contribution in [1.82, 2.24) is 14.8 Å². The second-order valence-electron chi connectivity index (χ2n) is 9.62. The number of carbonyl (C=O) groups is 3. The van der Waals surface area contributed by atoms with Crippen molar-refractivity contribution in [2.45, 2.75) is 39.3 Å². The molecule has 182 valence electrons. The minimum Gasteiger partial charge on any atom is -0.444 e. The molecule has 3 amide bonds. The van der Waals surface area contributed by atoms with Crippen LogP contribution in [0.2, 0.25) is 0 Å². The summed E-state index contributed by atoms with van der Waals surface area (Å²) in [7, 11) is 0. The van der Waals surface area contributed by atoms with E-state index in [9.17, 15) is 14.4 Å². The molecular weight excluding hydrogens is 444 g/mol. The van der Waals surface area contributed by atoms with Gasteiger partial charge in [-0.05, 0) is 56.0 Å². The van der Waals surface area contributed by atoms with Crippen LogP contribution in [-0.4, -0.2) is 57.9 Å². The highest BCUT2D eigenvalue weighted by Crippen LogP contribution is 2.24. The van der Waals surface area contributed by atoms with E-state index < -0.39 is 11.7 Å². The predicted octanol–water partition coefficient (Wildman–Crippen LogP) is 4.10. The fourth-order valence-corrected chi connectivity index (χ4v) is 3.97. The zero-order valence-electron chi connectivity index (χ0n) is 20.3. The zero-order valence-corrected chi connectivity index (χ0v) is 20.3. The van der Waals surface area contributed by atoms with Gasteiger partial charge >= 0.3 is 6.09 Å². The van der Waals surface area contributed by atoms with E-state index in [1.165, 1.54) is 22.1 Å². The van der Waals surface area contributed by atoms with Crippen molar-refractivity contribution in [2.75, 3.05) is 25.0 Å². The molecule has 0 spiro atoms. The number of hydrogen-bond acceptors (Lipinski definition) is 5. The van der Waals surface area contributed by atoms with Gasteiger partial charge in [0.2, 0.25) is 11.8 Å². The van der Waals surface area contributed by atoms with Crippen molar-refractivity contribution in [3.05, 3.63) is 71.4 Å². The van der Waals surface area contributed by atoms with Gasteiger partial charge in [-0.3, -0.25) is 14.5 Å². The number of fused-ring (bicyclic) bond motifs is 1. The molecule has 1 aromatic heterocycles. The molecule has 0 atom stereocenters. The van der Waals surface area contributed by atoms with E-state index in [1.54, 1.807) is 37.9 Å². The summed E-state index contributed by atoms with van der Waals surface area (Å²) >= 11 is 0. The van der Waals surface area contributed by atoms with E-state index in [-0.39, 0.29) is 24.9 Å². The molecule has 0 fully saturated rings. The third-order valence-electron chi connectivity index (χ3n) is 5.68. The van der Waals surface area contributed by atoms with E-state index in [1.807, 2.05) is 24.3 Å². The number of hydrogen-bond donors (Lipinski definition) is 1. The number of nitrogens with zero attached hydrogens (tertiary/aromatic N) is 3. The maximum absolute atomic E-state index is 12.7. The van der Waals surface area contributed by atoms with Crippen LogP contribution in [0.25, 0.3) is 11.6 Å². The summed E-state index contributed by atoms with van der Waals surface area (Å²) in [6.45, 7) is 6.60. The summed E-state index contributed by atoms with van der Waals surface area (Å²) in [5, 5.41) is 2.73. The number of nitrogens with one attached hydrogen (secondary N) is 1. The van der Waals surface area contributed by atoms with Crippen molar-refractivity contribution in [1.29, 1.82) is 0 Å². The number of amides is 3. The number of aromatic nitrogens is 1. The quantitative estimate of drug-likeness (QED) is 0.677. The number of ether oxygens (including phenoxy) is 1. The molecular formula is C27H30N4O4. The zero-order chi connectivity index (χ0) is 25.0. The number of rotatable bonds is 3. The Kier molecular flexibility index (Phi) is 7.00. The van der Waals surface area contributed by atoms with Gasteiger partial charge in [-0.1, -0.05) is 36.4 Å². The fourth-order valence-electron chi connectivity index (χ4n) is 3.97. The first-order chi connectivity index (χ1) is 16.7. The number of anilines is 1. The lowest BCUT2D eigenvalue weighted by molar-refractivity contribution is -0.125. The van der Waals surface area contributed by atoms with Crippen LogP contribution < -0.4 is 5.32 Å². The highest BCUT2D eigenvalue weighted by Gasteiger charge is 2.28. The summed E-state index contributed by atoms with van der Waals surface area (Å²) in [6, 6.07) is 12.0. The van der Waals surface area contributed by atoms with Crippen molar-refractivity contribution >= 4 is 35.4 Å². The van der Waals surface area contributed by atoms with E-state index in [0.717, 1.165) is 6.42 Å². The van der Waals surface area contributed by atoms with Gasteiger partial charge in [-0.2, -0.15) is 0 Å². The lowest BCUT2D eigenvalue weighted by Gasteiger charge is -2.26. The van der Waals surface area contributed by atoms with Crippen molar-refractivity contribution in [2.24, 2.45) is 0 Å². The normalized spacial score (nSPS) is 16.3. The molecule has 2 aliphatic rings. The molecule has 0 aliphatic carbocycles. The molecule has 4 rings (SSSR count). The smallest absolute Gasteiger partial charge is 0.411 e. The van der Waals surface area contributed by atoms with Gasteiger partial charge in [0, 0.05) is 30.9 Å². The number of carbonyl (C=O) groups excluding carboxylic acids is 3. The average molecular weight is 475 g/mol. The fraction of sp³-hybridized carbons (Fsp3) is 0.333. The van der Waals surface area contributed by atoms with Gasteiger partial charge in [0.15, 0.2) is 0 Å². The van der Waals surface area contributed by atoms with Crippen LogP contribution in [0.5, 0.6) is 0 Å². The minimum absolute atomic E-state index is 0.0769. The number of pyridine rings is 1. The van der Waals surface area contributed by atoms with Crippen molar-refractivity contribution in [3.8, 4) is 0 Å². The second kappa shape index (κ2) is 10.1. The SMILES string of the molecule is CC(C)(C)OC(=O)N1CC(=O)Nc2ncc(C=CC(=O)N3CC=C(c4ccccc4)CC3)cc2C1. The van der Waals surface area contributed by atoms with E-state index >= 15 is 0 Å². The van der Waals surface area contributed by atoms with Crippen molar-refractivity contribution in [3.63, 3.8) is 0 Å². The molecule has 0 radical (unpaired) electrons. The second-order valence-corrected chi connectivity index (χ2v) is 9.62. The van der Waals surface area contributed by atoms with Crippen LogP contribution in [0.4, 0.5) is 10.6 Å². The van der Waals surface area contributed by atoms with Crippen LogP contribution in [-0.2, 0) is 20.9 Å². The van der Waals surface area contributed by atoms with Gasteiger partial charge in [-0.15, -0.1) is 0 Å². The van der Waals surface area contributed by atoms with Crippen LogP contribution >= 0.6 is 0 Å². The molecule has 0 bridgehead atoms. The third-order valence-corrected chi connectivity index (χ3v) is 5.68. The number of benzene rings is 1. The molecule has 0 saturated carbocycles. The molecule has 1 N–H and O–H groups in total. The van der Waals surface area contributed by atoms with Crippen molar-refractivity contribution < 1.29 is 19.1 Å². The Morgan fingerprint density at radius 1 is 1.11 bits per heavy atom.